The molecule has 1 aromatic carbocycles. The minimum absolute atomic E-state index is 0.0355. The lowest BCUT2D eigenvalue weighted by Crippen LogP contribution is -2.46. The first-order valence-corrected chi connectivity index (χ1v) is 10.1. The topological polar surface area (TPSA) is 89.4 Å². The largest absolute Gasteiger partial charge is 0.487 e. The lowest BCUT2D eigenvalue weighted by Gasteiger charge is -2.42. The number of benzene rings is 1. The van der Waals surface area contributed by atoms with Crippen LogP contribution in [0.2, 0.25) is 0 Å². The Kier molecular flexibility index (Phi) is 5.25. The third kappa shape index (κ3) is 4.11. The second kappa shape index (κ2) is 7.85. The molecule has 3 heterocycles. The van der Waals surface area contributed by atoms with Crippen molar-refractivity contribution in [3.8, 4) is 5.75 Å². The van der Waals surface area contributed by atoms with Crippen LogP contribution in [0.15, 0.2) is 36.9 Å². The van der Waals surface area contributed by atoms with Crippen LogP contribution in [0.3, 0.4) is 0 Å². The molecular weight excluding hydrogens is 370 g/mol. The van der Waals surface area contributed by atoms with Crippen molar-refractivity contribution in [2.45, 2.75) is 56.7 Å². The van der Waals surface area contributed by atoms with Crippen molar-refractivity contribution in [3.63, 3.8) is 0 Å². The average molecular weight is 397 g/mol. The molecule has 0 bridgehead atoms. The fourth-order valence-corrected chi connectivity index (χ4v) is 4.26. The van der Waals surface area contributed by atoms with Gasteiger partial charge in [0.25, 0.3) is 0 Å². The van der Waals surface area contributed by atoms with Crippen LogP contribution in [-0.2, 0) is 9.59 Å². The van der Waals surface area contributed by atoms with E-state index >= 15 is 0 Å². The normalized spacial score (nSPS) is 25.1. The molecule has 0 radical (unpaired) electrons. The Morgan fingerprint density at radius 3 is 3.00 bits per heavy atom. The molecule has 1 N–H and O–H groups in total. The predicted molar refractivity (Wildman–Crippen MR) is 106 cm³/mol. The highest BCUT2D eigenvalue weighted by Crippen LogP contribution is 2.44. The zero-order valence-electron chi connectivity index (χ0n) is 16.9. The van der Waals surface area contributed by atoms with Gasteiger partial charge in [-0.1, -0.05) is 18.2 Å². The average Bonchev–Trinajstić information content (AvgIpc) is 3.21. The van der Waals surface area contributed by atoms with Crippen LogP contribution in [0.25, 0.3) is 0 Å². The number of rotatable bonds is 4. The van der Waals surface area contributed by atoms with Crippen LogP contribution >= 0.6 is 0 Å². The summed E-state index contributed by atoms with van der Waals surface area (Å²) in [7, 11) is 1.84. The summed E-state index contributed by atoms with van der Waals surface area (Å²) in [5, 5.41) is 7.32. The second-order valence-corrected chi connectivity index (χ2v) is 8.14. The molecule has 8 nitrogen and oxygen atoms in total. The summed E-state index contributed by atoms with van der Waals surface area (Å²) in [4.78, 5) is 30.7. The zero-order chi connectivity index (χ0) is 20.4. The molecule has 0 aliphatic carbocycles. The summed E-state index contributed by atoms with van der Waals surface area (Å²) in [6.07, 6.45) is 5.94. The minimum Gasteiger partial charge on any atom is -0.487 e. The van der Waals surface area contributed by atoms with E-state index in [1.165, 1.54) is 6.33 Å². The summed E-state index contributed by atoms with van der Waals surface area (Å²) >= 11 is 0. The maximum atomic E-state index is 12.8. The van der Waals surface area contributed by atoms with Crippen LogP contribution in [0, 0.1) is 0 Å². The predicted octanol–water partition coefficient (Wildman–Crippen LogP) is 2.25. The fourth-order valence-electron chi connectivity index (χ4n) is 4.26. The van der Waals surface area contributed by atoms with Gasteiger partial charge in [0.1, 0.15) is 24.0 Å². The van der Waals surface area contributed by atoms with Crippen LogP contribution in [0.4, 0.5) is 0 Å². The number of nitrogens with one attached hydrogen (secondary N) is 1. The highest BCUT2D eigenvalue weighted by atomic mass is 16.5. The van der Waals surface area contributed by atoms with Crippen molar-refractivity contribution in [2.24, 2.45) is 0 Å². The summed E-state index contributed by atoms with van der Waals surface area (Å²) in [5.74, 6) is 0.906. The fraction of sp³-hybridized carbons (Fsp3) is 0.524. The van der Waals surface area contributed by atoms with E-state index in [1.54, 1.807) is 15.9 Å². The molecule has 0 saturated carbocycles. The van der Waals surface area contributed by atoms with Crippen LogP contribution in [0.1, 0.15) is 56.7 Å². The number of likely N-dealkylation sites (tertiary alicyclic amines) is 1. The minimum atomic E-state index is -0.440. The molecule has 154 valence electrons. The van der Waals surface area contributed by atoms with Crippen molar-refractivity contribution >= 4 is 11.8 Å². The van der Waals surface area contributed by atoms with Crippen molar-refractivity contribution in [2.75, 3.05) is 13.6 Å². The number of para-hydroxylation sites is 1. The molecule has 3 atom stereocenters. The smallest absolute Gasteiger partial charge is 0.222 e. The highest BCUT2D eigenvalue weighted by molar-refractivity contribution is 5.77. The van der Waals surface area contributed by atoms with E-state index in [9.17, 15) is 9.59 Å². The second-order valence-electron chi connectivity index (χ2n) is 8.14. The number of ether oxygens (including phenoxy) is 1. The first kappa shape index (κ1) is 19.4. The van der Waals surface area contributed by atoms with E-state index in [4.69, 9.17) is 4.74 Å². The Bertz CT molecular complexity index is 884. The Morgan fingerprint density at radius 2 is 2.21 bits per heavy atom. The van der Waals surface area contributed by atoms with Crippen LogP contribution in [0.5, 0.6) is 5.75 Å². The number of carbonyl (C=O) groups is 2. The monoisotopic (exact) mass is 397 g/mol. The van der Waals surface area contributed by atoms with E-state index in [0.29, 0.717) is 32.2 Å². The van der Waals surface area contributed by atoms with Gasteiger partial charge in [0.05, 0.1) is 12.1 Å². The van der Waals surface area contributed by atoms with Crippen molar-refractivity contribution in [3.05, 3.63) is 42.5 Å². The van der Waals surface area contributed by atoms with Gasteiger partial charge in [-0.05, 0) is 19.4 Å². The summed E-state index contributed by atoms with van der Waals surface area (Å²) in [6.45, 7) is 2.60. The van der Waals surface area contributed by atoms with Crippen molar-refractivity contribution in [1.29, 1.82) is 0 Å². The van der Waals surface area contributed by atoms with E-state index in [-0.39, 0.29) is 23.9 Å². The van der Waals surface area contributed by atoms with E-state index < -0.39 is 5.60 Å². The van der Waals surface area contributed by atoms with Gasteiger partial charge < -0.3 is 15.0 Å². The number of amides is 2. The molecule has 0 unspecified atom stereocenters. The first-order valence-electron chi connectivity index (χ1n) is 10.1. The van der Waals surface area contributed by atoms with E-state index in [0.717, 1.165) is 17.7 Å². The molecule has 2 aromatic rings. The summed E-state index contributed by atoms with van der Waals surface area (Å²) in [5.41, 5.74) is 0.549. The number of fused-ring (bicyclic) bond motifs is 1. The lowest BCUT2D eigenvalue weighted by atomic mass is 9.82. The van der Waals surface area contributed by atoms with Gasteiger partial charge in [0.15, 0.2) is 0 Å². The summed E-state index contributed by atoms with van der Waals surface area (Å²) in [6, 6.07) is 7.63. The molecule has 2 aliphatic rings. The molecule has 1 saturated heterocycles. The van der Waals surface area contributed by atoms with Gasteiger partial charge in [-0.15, -0.1) is 0 Å². The van der Waals surface area contributed by atoms with Crippen molar-refractivity contribution in [1.82, 2.24) is 25.0 Å². The number of hydrogen-bond donors (Lipinski definition) is 1. The third-order valence-electron chi connectivity index (χ3n) is 6.02. The van der Waals surface area contributed by atoms with E-state index in [1.807, 2.05) is 38.2 Å². The van der Waals surface area contributed by atoms with Crippen LogP contribution < -0.4 is 10.1 Å². The quantitative estimate of drug-likeness (QED) is 0.855. The molecule has 2 aliphatic heterocycles. The molecular formula is C21H27N5O3. The first-order chi connectivity index (χ1) is 14.0. The Morgan fingerprint density at radius 1 is 1.38 bits per heavy atom. The number of hydrogen-bond acceptors (Lipinski definition) is 5. The maximum Gasteiger partial charge on any atom is 0.222 e. The van der Waals surface area contributed by atoms with Gasteiger partial charge in [-0.25, -0.2) is 9.67 Å². The number of aromatic nitrogens is 3. The van der Waals surface area contributed by atoms with Gasteiger partial charge in [0, 0.05) is 44.8 Å². The molecule has 29 heavy (non-hydrogen) atoms. The molecule has 8 heteroatoms. The number of nitrogens with zero attached hydrogens (tertiary/aromatic N) is 4. The van der Waals surface area contributed by atoms with E-state index in [2.05, 4.69) is 15.4 Å². The highest BCUT2D eigenvalue weighted by Gasteiger charge is 2.43. The Hall–Kier alpha value is -2.90. The standard InChI is InChI=1S/C21H27N5O3/c1-15(26-14-22-13-23-26)11-19(27)24-17-12-21(8-7-20(28)25(2)10-9-21)29-18-6-4-3-5-16(17)18/h3-6,13-15,17H,7-12H2,1-2H3,(H,24,27)/t15-,17+,21-/m0/s1. The Balaban J connectivity index is 1.52. The third-order valence-corrected chi connectivity index (χ3v) is 6.02. The Labute approximate surface area is 170 Å². The molecule has 4 rings (SSSR count). The van der Waals surface area contributed by atoms with Crippen LogP contribution in [-0.4, -0.2) is 50.7 Å². The van der Waals surface area contributed by atoms with Gasteiger partial charge in [-0.3, -0.25) is 9.59 Å². The van der Waals surface area contributed by atoms with Gasteiger partial charge >= 0.3 is 0 Å². The SMILES string of the molecule is C[C@@H](CC(=O)N[C@@H]1C[C@@]2(CCC(=O)N(C)CC2)Oc2ccccc21)n1cncn1. The lowest BCUT2D eigenvalue weighted by molar-refractivity contribution is -0.129. The molecule has 1 fully saturated rings. The maximum absolute atomic E-state index is 12.8. The zero-order valence-corrected chi connectivity index (χ0v) is 16.9. The van der Waals surface area contributed by atoms with Gasteiger partial charge in [-0.2, -0.15) is 5.10 Å². The summed E-state index contributed by atoms with van der Waals surface area (Å²) < 4.78 is 8.12. The van der Waals surface area contributed by atoms with Crippen molar-refractivity contribution < 1.29 is 14.3 Å². The molecule has 1 spiro atoms. The number of carbonyl (C=O) groups excluding carboxylic acids is 2. The molecule has 2 amide bonds. The van der Waals surface area contributed by atoms with Gasteiger partial charge in [0.2, 0.25) is 11.8 Å². The molecule has 1 aromatic heterocycles.